The second-order valence-electron chi connectivity index (χ2n) is 4.56. The topological polar surface area (TPSA) is 64.4 Å². The molecule has 21 heavy (non-hydrogen) atoms. The summed E-state index contributed by atoms with van der Waals surface area (Å²) in [4.78, 5) is 11.8. The van der Waals surface area contributed by atoms with E-state index in [-0.39, 0.29) is 39.3 Å². The number of hydrogen-bond acceptors (Lipinski definition) is 3. The molecule has 0 saturated heterocycles. The first-order valence-corrected chi connectivity index (χ1v) is 7.46. The number of carbonyl (C=O) groups is 1. The van der Waals surface area contributed by atoms with Crippen LogP contribution in [0.15, 0.2) is 16.6 Å². The largest absolute Gasteiger partial charge is 0.431 e. The fraction of sp³-hybridized carbons (Fsp3) is 0.462. The Morgan fingerprint density at radius 1 is 1.52 bits per heavy atom. The minimum absolute atomic E-state index is 0.0100. The zero-order valence-corrected chi connectivity index (χ0v) is 13.7. The third-order valence-electron chi connectivity index (χ3n) is 2.55. The normalized spacial score (nSPS) is 12.3. The summed E-state index contributed by atoms with van der Waals surface area (Å²) in [6, 6.07) is 2.77. The number of halogens is 4. The monoisotopic (exact) mass is 384 g/mol. The molecule has 0 aliphatic rings. The molecule has 0 spiro atoms. The van der Waals surface area contributed by atoms with Crippen molar-refractivity contribution in [1.29, 1.82) is 0 Å². The Bertz CT molecular complexity index is 501. The van der Waals surface area contributed by atoms with Gasteiger partial charge in [0.15, 0.2) is 5.75 Å². The standard InChI is InChI=1S/C13H16BrClF2N2O2/c1-7(18)3-2-4-11(20)19-10-6-8(15)5-9(14)12(10)21-13(16)17/h5-7,13H,2-4,18H2,1H3,(H,19,20). The van der Waals surface area contributed by atoms with Crippen molar-refractivity contribution < 1.29 is 18.3 Å². The third kappa shape index (κ3) is 6.58. The quantitative estimate of drug-likeness (QED) is 0.741. The van der Waals surface area contributed by atoms with Crippen molar-refractivity contribution in [3.63, 3.8) is 0 Å². The summed E-state index contributed by atoms with van der Waals surface area (Å²) in [6.07, 6.45) is 1.54. The van der Waals surface area contributed by atoms with Gasteiger partial charge in [0.2, 0.25) is 5.91 Å². The SMILES string of the molecule is CC(N)CCCC(=O)Nc1cc(Cl)cc(Br)c1OC(F)F. The van der Waals surface area contributed by atoms with E-state index in [2.05, 4.69) is 26.0 Å². The highest BCUT2D eigenvalue weighted by Crippen LogP contribution is 2.37. The van der Waals surface area contributed by atoms with Gasteiger partial charge in [-0.25, -0.2) is 0 Å². The fourth-order valence-corrected chi connectivity index (χ4v) is 2.56. The van der Waals surface area contributed by atoms with Crippen molar-refractivity contribution in [1.82, 2.24) is 0 Å². The van der Waals surface area contributed by atoms with E-state index in [0.29, 0.717) is 12.8 Å². The zero-order valence-electron chi connectivity index (χ0n) is 11.3. The molecule has 0 bridgehead atoms. The second kappa shape index (κ2) is 8.51. The zero-order chi connectivity index (χ0) is 16.0. The van der Waals surface area contributed by atoms with E-state index in [9.17, 15) is 13.6 Å². The molecule has 0 aromatic heterocycles. The molecule has 1 aromatic rings. The molecule has 0 radical (unpaired) electrons. The van der Waals surface area contributed by atoms with Crippen LogP contribution in [0.25, 0.3) is 0 Å². The van der Waals surface area contributed by atoms with E-state index in [1.807, 2.05) is 6.92 Å². The van der Waals surface area contributed by atoms with Gasteiger partial charge in [-0.1, -0.05) is 11.6 Å². The van der Waals surface area contributed by atoms with Crippen molar-refractivity contribution in [2.24, 2.45) is 5.73 Å². The predicted octanol–water partition coefficient (Wildman–Crippen LogP) is 4.16. The fourth-order valence-electron chi connectivity index (χ4n) is 1.66. The number of hydrogen-bond donors (Lipinski definition) is 2. The Hall–Kier alpha value is -0.920. The third-order valence-corrected chi connectivity index (χ3v) is 3.36. The van der Waals surface area contributed by atoms with Crippen molar-refractivity contribution in [3.05, 3.63) is 21.6 Å². The molecule has 0 heterocycles. The maximum atomic E-state index is 12.4. The van der Waals surface area contributed by atoms with Gasteiger partial charge in [-0.3, -0.25) is 4.79 Å². The van der Waals surface area contributed by atoms with E-state index in [4.69, 9.17) is 17.3 Å². The molecule has 0 saturated carbocycles. The lowest BCUT2D eigenvalue weighted by Gasteiger charge is -2.14. The van der Waals surface area contributed by atoms with Crippen LogP contribution in [0.3, 0.4) is 0 Å². The molecule has 1 aromatic carbocycles. The first-order valence-electron chi connectivity index (χ1n) is 6.29. The molecule has 8 heteroatoms. The summed E-state index contributed by atoms with van der Waals surface area (Å²) in [5, 5.41) is 2.81. The van der Waals surface area contributed by atoms with Gasteiger partial charge in [-0.15, -0.1) is 0 Å². The van der Waals surface area contributed by atoms with E-state index < -0.39 is 6.61 Å². The lowest BCUT2D eigenvalue weighted by molar-refractivity contribution is -0.116. The van der Waals surface area contributed by atoms with Crippen LogP contribution in [-0.2, 0) is 4.79 Å². The predicted molar refractivity (Wildman–Crippen MR) is 81.9 cm³/mol. The molecule has 4 nitrogen and oxygen atoms in total. The number of rotatable bonds is 7. The molecule has 0 aliphatic carbocycles. The van der Waals surface area contributed by atoms with Gasteiger partial charge in [-0.2, -0.15) is 8.78 Å². The summed E-state index contributed by atoms with van der Waals surface area (Å²) < 4.78 is 29.5. The van der Waals surface area contributed by atoms with Crippen LogP contribution in [0.4, 0.5) is 14.5 Å². The van der Waals surface area contributed by atoms with Gasteiger partial charge in [0, 0.05) is 17.5 Å². The van der Waals surface area contributed by atoms with Crippen molar-refractivity contribution in [2.45, 2.75) is 38.8 Å². The molecule has 1 rings (SSSR count). The average Bonchev–Trinajstić information content (AvgIpc) is 2.32. The van der Waals surface area contributed by atoms with Crippen molar-refractivity contribution >= 4 is 39.1 Å². The number of ether oxygens (including phenoxy) is 1. The highest BCUT2D eigenvalue weighted by Gasteiger charge is 2.16. The Morgan fingerprint density at radius 3 is 2.76 bits per heavy atom. The van der Waals surface area contributed by atoms with Crippen molar-refractivity contribution in [2.75, 3.05) is 5.32 Å². The van der Waals surface area contributed by atoms with Crippen LogP contribution < -0.4 is 15.8 Å². The Morgan fingerprint density at radius 2 is 2.19 bits per heavy atom. The molecule has 0 aliphatic heterocycles. The lowest BCUT2D eigenvalue weighted by atomic mass is 10.1. The van der Waals surface area contributed by atoms with Crippen LogP contribution in [0.5, 0.6) is 5.75 Å². The molecule has 118 valence electrons. The lowest BCUT2D eigenvalue weighted by Crippen LogP contribution is -2.17. The number of carbonyl (C=O) groups excluding carboxylic acids is 1. The molecule has 1 atom stereocenters. The maximum absolute atomic E-state index is 12.4. The number of alkyl halides is 2. The summed E-state index contributed by atoms with van der Waals surface area (Å²) in [7, 11) is 0. The Kier molecular flexibility index (Phi) is 7.34. The minimum atomic E-state index is -3.00. The van der Waals surface area contributed by atoms with E-state index >= 15 is 0 Å². The number of amides is 1. The van der Waals surface area contributed by atoms with Gasteiger partial charge >= 0.3 is 6.61 Å². The molecule has 1 unspecified atom stereocenters. The van der Waals surface area contributed by atoms with Crippen LogP contribution >= 0.6 is 27.5 Å². The van der Waals surface area contributed by atoms with E-state index in [1.165, 1.54) is 12.1 Å². The smallest absolute Gasteiger partial charge is 0.387 e. The first kappa shape index (κ1) is 18.1. The molecule has 0 fully saturated rings. The Labute approximate surface area is 135 Å². The van der Waals surface area contributed by atoms with Crippen molar-refractivity contribution in [3.8, 4) is 5.75 Å². The summed E-state index contributed by atoms with van der Waals surface area (Å²) in [6.45, 7) is -1.16. The van der Waals surface area contributed by atoms with Crippen LogP contribution in [-0.4, -0.2) is 18.6 Å². The average molecular weight is 386 g/mol. The number of benzene rings is 1. The summed E-state index contributed by atoms with van der Waals surface area (Å²) in [5.74, 6) is -0.473. The maximum Gasteiger partial charge on any atom is 0.387 e. The second-order valence-corrected chi connectivity index (χ2v) is 5.85. The van der Waals surface area contributed by atoms with Gasteiger partial charge in [0.25, 0.3) is 0 Å². The molecule has 3 N–H and O–H groups in total. The van der Waals surface area contributed by atoms with Gasteiger partial charge in [-0.05, 0) is 47.8 Å². The highest BCUT2D eigenvalue weighted by molar-refractivity contribution is 9.10. The van der Waals surface area contributed by atoms with E-state index in [0.717, 1.165) is 0 Å². The van der Waals surface area contributed by atoms with Crippen LogP contribution in [0.2, 0.25) is 5.02 Å². The number of nitrogens with two attached hydrogens (primary N) is 1. The van der Waals surface area contributed by atoms with Gasteiger partial charge in [0.1, 0.15) is 0 Å². The molecule has 1 amide bonds. The minimum Gasteiger partial charge on any atom is -0.431 e. The summed E-state index contributed by atoms with van der Waals surface area (Å²) in [5.41, 5.74) is 5.69. The van der Waals surface area contributed by atoms with E-state index in [1.54, 1.807) is 0 Å². The number of nitrogens with one attached hydrogen (secondary N) is 1. The molecular weight excluding hydrogens is 370 g/mol. The molecular formula is C13H16BrClF2N2O2. The summed E-state index contributed by atoms with van der Waals surface area (Å²) >= 11 is 8.92. The first-order chi connectivity index (χ1) is 9.79. The number of anilines is 1. The van der Waals surface area contributed by atoms with Gasteiger partial charge < -0.3 is 15.8 Å². The van der Waals surface area contributed by atoms with Gasteiger partial charge in [0.05, 0.1) is 10.2 Å². The van der Waals surface area contributed by atoms with Crippen LogP contribution in [0.1, 0.15) is 26.2 Å². The van der Waals surface area contributed by atoms with Crippen LogP contribution in [0, 0.1) is 0 Å². The highest BCUT2D eigenvalue weighted by atomic mass is 79.9. The Balaban J connectivity index is 2.78.